The number of nitrogens with zero attached hydrogens (tertiary/aromatic N) is 2. The first kappa shape index (κ1) is 12.9. The quantitative estimate of drug-likeness (QED) is 0.611. The molecule has 0 bridgehead atoms. The summed E-state index contributed by atoms with van der Waals surface area (Å²) in [7, 11) is -1.09. The highest BCUT2D eigenvalue weighted by molar-refractivity contribution is 6.76. The van der Waals surface area contributed by atoms with Crippen molar-refractivity contribution >= 4 is 14.0 Å². The number of rotatable bonds is 6. The minimum Gasteiger partial charge on any atom is -0.477 e. The third-order valence-electron chi connectivity index (χ3n) is 2.15. The Labute approximate surface area is 96.0 Å². The first-order valence-corrected chi connectivity index (χ1v) is 8.94. The van der Waals surface area contributed by atoms with Crippen LogP contribution in [0.4, 0.5) is 0 Å². The first-order valence-electron chi connectivity index (χ1n) is 5.23. The van der Waals surface area contributed by atoms with Gasteiger partial charge in [-0.1, -0.05) is 19.6 Å². The second-order valence-corrected chi connectivity index (χ2v) is 10.5. The van der Waals surface area contributed by atoms with E-state index in [0.29, 0.717) is 6.61 Å². The highest BCUT2D eigenvalue weighted by Crippen LogP contribution is 2.08. The summed E-state index contributed by atoms with van der Waals surface area (Å²) in [4.78, 5) is 10.8. The van der Waals surface area contributed by atoms with Gasteiger partial charge in [0, 0.05) is 20.9 Å². The van der Waals surface area contributed by atoms with Gasteiger partial charge in [0.2, 0.25) is 0 Å². The summed E-state index contributed by atoms with van der Waals surface area (Å²) in [5.74, 6) is -0.980. The van der Waals surface area contributed by atoms with Crippen LogP contribution in [-0.4, -0.2) is 35.5 Å². The smallest absolute Gasteiger partial charge is 0.354 e. The maximum absolute atomic E-state index is 10.8. The molecule has 5 nitrogen and oxygen atoms in total. The molecule has 0 aliphatic heterocycles. The first-order chi connectivity index (χ1) is 7.40. The zero-order chi connectivity index (χ0) is 12.2. The number of aromatic carboxylic acids is 1. The Bertz CT molecular complexity index is 357. The molecule has 1 aromatic heterocycles. The summed E-state index contributed by atoms with van der Waals surface area (Å²) in [5.41, 5.74) is 0.160. The SMILES string of the molecule is C[Si](C)(C)CCOCn1nccc1C(=O)O. The standard InChI is InChI=1S/C10H18N2O3Si/c1-16(2,3)7-6-15-8-12-9(10(13)14)4-5-11-12/h4-5H,6-8H2,1-3H3,(H,13,14). The van der Waals surface area contributed by atoms with Crippen LogP contribution in [0.15, 0.2) is 12.3 Å². The lowest BCUT2D eigenvalue weighted by Gasteiger charge is -2.15. The van der Waals surface area contributed by atoms with Gasteiger partial charge in [-0.05, 0) is 12.1 Å². The van der Waals surface area contributed by atoms with E-state index in [1.807, 2.05) is 0 Å². The molecule has 1 N–H and O–H groups in total. The van der Waals surface area contributed by atoms with E-state index in [4.69, 9.17) is 9.84 Å². The van der Waals surface area contributed by atoms with E-state index in [9.17, 15) is 4.79 Å². The van der Waals surface area contributed by atoms with Crippen LogP contribution < -0.4 is 0 Å². The van der Waals surface area contributed by atoms with Crippen LogP contribution in [0.1, 0.15) is 10.5 Å². The lowest BCUT2D eigenvalue weighted by atomic mass is 10.4. The predicted octanol–water partition coefficient (Wildman–Crippen LogP) is 1.89. The van der Waals surface area contributed by atoms with E-state index in [-0.39, 0.29) is 12.4 Å². The number of hydrogen-bond acceptors (Lipinski definition) is 3. The van der Waals surface area contributed by atoms with Crippen LogP contribution in [0.5, 0.6) is 0 Å². The average Bonchev–Trinajstić information content (AvgIpc) is 2.58. The topological polar surface area (TPSA) is 64.4 Å². The molecule has 0 aromatic carbocycles. The van der Waals surface area contributed by atoms with Crippen molar-refractivity contribution in [2.75, 3.05) is 6.61 Å². The molecule has 90 valence electrons. The maximum atomic E-state index is 10.8. The van der Waals surface area contributed by atoms with E-state index < -0.39 is 14.0 Å². The molecular formula is C10H18N2O3Si. The van der Waals surface area contributed by atoms with Crippen molar-refractivity contribution in [1.82, 2.24) is 9.78 Å². The van der Waals surface area contributed by atoms with E-state index in [0.717, 1.165) is 6.04 Å². The number of hydrogen-bond donors (Lipinski definition) is 1. The summed E-state index contributed by atoms with van der Waals surface area (Å²) in [6.07, 6.45) is 1.46. The number of ether oxygens (including phenoxy) is 1. The minimum atomic E-state index is -1.09. The van der Waals surface area contributed by atoms with Gasteiger partial charge in [-0.3, -0.25) is 0 Å². The Morgan fingerprint density at radius 1 is 1.56 bits per heavy atom. The Morgan fingerprint density at radius 3 is 2.81 bits per heavy atom. The van der Waals surface area contributed by atoms with Crippen LogP contribution in [0.3, 0.4) is 0 Å². The summed E-state index contributed by atoms with van der Waals surface area (Å²) < 4.78 is 6.77. The molecule has 1 rings (SSSR count). The summed E-state index contributed by atoms with van der Waals surface area (Å²) >= 11 is 0. The lowest BCUT2D eigenvalue weighted by Crippen LogP contribution is -2.22. The van der Waals surface area contributed by atoms with Crippen molar-refractivity contribution in [3.8, 4) is 0 Å². The van der Waals surface area contributed by atoms with Gasteiger partial charge >= 0.3 is 5.97 Å². The van der Waals surface area contributed by atoms with Gasteiger partial charge in [-0.15, -0.1) is 0 Å². The molecule has 0 spiro atoms. The van der Waals surface area contributed by atoms with Gasteiger partial charge in [0.15, 0.2) is 0 Å². The summed E-state index contributed by atoms with van der Waals surface area (Å²) in [6.45, 7) is 7.68. The highest BCUT2D eigenvalue weighted by Gasteiger charge is 2.13. The van der Waals surface area contributed by atoms with Crippen LogP contribution in [0.25, 0.3) is 0 Å². The zero-order valence-corrected chi connectivity index (χ0v) is 10.9. The molecule has 0 saturated carbocycles. The van der Waals surface area contributed by atoms with Gasteiger partial charge in [-0.25, -0.2) is 9.48 Å². The van der Waals surface area contributed by atoms with Crippen molar-refractivity contribution in [2.45, 2.75) is 32.4 Å². The lowest BCUT2D eigenvalue weighted by molar-refractivity contribution is 0.0591. The number of carboxylic acids is 1. The predicted molar refractivity (Wildman–Crippen MR) is 63.3 cm³/mol. The van der Waals surface area contributed by atoms with Crippen molar-refractivity contribution in [2.24, 2.45) is 0 Å². The van der Waals surface area contributed by atoms with Crippen LogP contribution in [0.2, 0.25) is 25.7 Å². The van der Waals surface area contributed by atoms with Crippen molar-refractivity contribution in [1.29, 1.82) is 0 Å². The van der Waals surface area contributed by atoms with Gasteiger partial charge in [0.25, 0.3) is 0 Å². The third kappa shape index (κ3) is 4.16. The fourth-order valence-electron chi connectivity index (χ4n) is 1.15. The van der Waals surface area contributed by atoms with Crippen LogP contribution in [-0.2, 0) is 11.5 Å². The molecule has 0 atom stereocenters. The fourth-order valence-corrected chi connectivity index (χ4v) is 1.90. The van der Waals surface area contributed by atoms with Crippen molar-refractivity contribution in [3.63, 3.8) is 0 Å². The molecule has 0 saturated heterocycles. The Hall–Kier alpha value is -1.14. The maximum Gasteiger partial charge on any atom is 0.354 e. The van der Waals surface area contributed by atoms with E-state index in [2.05, 4.69) is 24.7 Å². The monoisotopic (exact) mass is 242 g/mol. The van der Waals surface area contributed by atoms with E-state index in [1.54, 1.807) is 0 Å². The molecule has 0 fully saturated rings. The van der Waals surface area contributed by atoms with Crippen LogP contribution in [0, 0.1) is 0 Å². The molecule has 0 radical (unpaired) electrons. The van der Waals surface area contributed by atoms with Crippen molar-refractivity contribution in [3.05, 3.63) is 18.0 Å². The molecular weight excluding hydrogens is 224 g/mol. The van der Waals surface area contributed by atoms with E-state index in [1.165, 1.54) is 16.9 Å². The number of aromatic nitrogens is 2. The van der Waals surface area contributed by atoms with E-state index >= 15 is 0 Å². The summed E-state index contributed by atoms with van der Waals surface area (Å²) in [5, 5.41) is 12.7. The summed E-state index contributed by atoms with van der Waals surface area (Å²) in [6, 6.07) is 2.53. The average molecular weight is 242 g/mol. The van der Waals surface area contributed by atoms with Gasteiger partial charge in [0.1, 0.15) is 12.4 Å². The fraction of sp³-hybridized carbons (Fsp3) is 0.600. The molecule has 16 heavy (non-hydrogen) atoms. The highest BCUT2D eigenvalue weighted by atomic mass is 28.3. The zero-order valence-electron chi connectivity index (χ0n) is 9.93. The number of carboxylic acid groups (broad SMARTS) is 1. The van der Waals surface area contributed by atoms with Gasteiger partial charge in [-0.2, -0.15) is 5.10 Å². The number of carbonyl (C=O) groups is 1. The van der Waals surface area contributed by atoms with Crippen LogP contribution >= 0.6 is 0 Å². The molecule has 0 aliphatic carbocycles. The molecule has 1 aromatic rings. The second kappa shape index (κ2) is 5.27. The largest absolute Gasteiger partial charge is 0.477 e. The van der Waals surface area contributed by atoms with Crippen molar-refractivity contribution < 1.29 is 14.6 Å². The second-order valence-electron chi connectivity index (χ2n) is 4.87. The minimum absolute atomic E-state index is 0.160. The normalized spacial score (nSPS) is 11.7. The molecule has 1 heterocycles. The Kier molecular flexibility index (Phi) is 4.25. The Balaban J connectivity index is 2.38. The molecule has 0 unspecified atom stereocenters. The molecule has 0 aliphatic rings. The third-order valence-corrected chi connectivity index (χ3v) is 3.85. The molecule has 0 amide bonds. The molecule has 6 heteroatoms. The van der Waals surface area contributed by atoms with Gasteiger partial charge < -0.3 is 9.84 Å². The van der Waals surface area contributed by atoms with Gasteiger partial charge in [0.05, 0.1) is 0 Å². The Morgan fingerprint density at radius 2 is 2.25 bits per heavy atom.